The summed E-state index contributed by atoms with van der Waals surface area (Å²) in [5.41, 5.74) is 8.18. The normalized spacial score (nSPS) is 10.8. The van der Waals surface area contributed by atoms with E-state index >= 15 is 0 Å². The lowest BCUT2D eigenvalue weighted by Gasteiger charge is -2.03. The molecule has 0 bridgehead atoms. The molecular formula is C15H12Cl2N4. The Morgan fingerprint density at radius 3 is 2.38 bits per heavy atom. The number of imidazole rings is 1. The van der Waals surface area contributed by atoms with Gasteiger partial charge in [-0.15, -0.1) is 0 Å². The van der Waals surface area contributed by atoms with E-state index in [2.05, 4.69) is 4.98 Å². The largest absolute Gasteiger partial charge is 0.382 e. The monoisotopic (exact) mass is 318 g/mol. The Balaban J connectivity index is 2.17. The van der Waals surface area contributed by atoms with Crippen LogP contribution in [0.2, 0.25) is 10.0 Å². The Bertz CT molecular complexity index is 797. The van der Waals surface area contributed by atoms with Crippen LogP contribution in [0.4, 0.5) is 5.82 Å². The highest BCUT2D eigenvalue weighted by Gasteiger charge is 2.17. The Morgan fingerprint density at radius 2 is 1.71 bits per heavy atom. The number of aromatic nitrogens is 2. The fourth-order valence-corrected chi connectivity index (χ4v) is 2.61. The van der Waals surface area contributed by atoms with Gasteiger partial charge in [0.1, 0.15) is 5.69 Å². The van der Waals surface area contributed by atoms with E-state index in [1.54, 1.807) is 18.2 Å². The van der Waals surface area contributed by atoms with Crippen LogP contribution < -0.4 is 11.6 Å². The molecule has 0 amide bonds. The zero-order valence-electron chi connectivity index (χ0n) is 10.9. The first kappa shape index (κ1) is 13.8. The number of benzene rings is 2. The standard InChI is InChI=1S/C15H12Cl2N4/c16-10-6-7-11(12(17)8-10)13-14(18)21(19)15(20-13)9-4-2-1-3-5-9/h1-8H,18-19H2. The van der Waals surface area contributed by atoms with Gasteiger partial charge < -0.3 is 11.6 Å². The quantitative estimate of drug-likeness (QED) is 0.706. The van der Waals surface area contributed by atoms with Crippen molar-refractivity contribution in [2.24, 2.45) is 0 Å². The minimum absolute atomic E-state index is 0.345. The summed E-state index contributed by atoms with van der Waals surface area (Å²) in [4.78, 5) is 4.53. The Labute approximate surface area is 131 Å². The van der Waals surface area contributed by atoms with Gasteiger partial charge in [-0.2, -0.15) is 0 Å². The molecule has 4 nitrogen and oxygen atoms in total. The SMILES string of the molecule is Nc1c(-c2ccc(Cl)cc2Cl)nc(-c2ccccc2)n1N. The summed E-state index contributed by atoms with van der Waals surface area (Å²) >= 11 is 12.1. The summed E-state index contributed by atoms with van der Waals surface area (Å²) in [7, 11) is 0. The van der Waals surface area contributed by atoms with Crippen molar-refractivity contribution in [3.05, 3.63) is 58.6 Å². The van der Waals surface area contributed by atoms with Crippen molar-refractivity contribution in [2.45, 2.75) is 0 Å². The fraction of sp³-hybridized carbons (Fsp3) is 0. The molecule has 6 heteroatoms. The second-order valence-corrected chi connectivity index (χ2v) is 5.37. The van der Waals surface area contributed by atoms with E-state index in [0.717, 1.165) is 5.56 Å². The van der Waals surface area contributed by atoms with Crippen LogP contribution in [0.15, 0.2) is 48.5 Å². The molecular weight excluding hydrogens is 307 g/mol. The molecule has 0 atom stereocenters. The molecule has 2 aromatic carbocycles. The second kappa shape index (κ2) is 5.31. The van der Waals surface area contributed by atoms with Gasteiger partial charge in [-0.05, 0) is 18.2 Å². The number of hydrogen-bond donors (Lipinski definition) is 2. The average Bonchev–Trinajstić information content (AvgIpc) is 2.77. The van der Waals surface area contributed by atoms with Crippen LogP contribution in [-0.4, -0.2) is 9.66 Å². The molecule has 0 radical (unpaired) electrons. The van der Waals surface area contributed by atoms with Crippen LogP contribution >= 0.6 is 23.2 Å². The third-order valence-electron chi connectivity index (χ3n) is 3.17. The molecule has 0 saturated heterocycles. The van der Waals surface area contributed by atoms with Gasteiger partial charge in [-0.25, -0.2) is 9.66 Å². The first-order valence-electron chi connectivity index (χ1n) is 6.22. The van der Waals surface area contributed by atoms with E-state index in [4.69, 9.17) is 34.8 Å². The van der Waals surface area contributed by atoms with Crippen molar-refractivity contribution in [3.8, 4) is 22.6 Å². The van der Waals surface area contributed by atoms with Crippen LogP contribution in [0.25, 0.3) is 22.6 Å². The third kappa shape index (κ3) is 2.44. The van der Waals surface area contributed by atoms with Crippen molar-refractivity contribution in [1.82, 2.24) is 9.66 Å². The first-order valence-corrected chi connectivity index (χ1v) is 6.97. The Kier molecular flexibility index (Phi) is 3.49. The van der Waals surface area contributed by atoms with Crippen LogP contribution in [0.3, 0.4) is 0 Å². The number of anilines is 1. The van der Waals surface area contributed by atoms with E-state index in [-0.39, 0.29) is 0 Å². The fourth-order valence-electron chi connectivity index (χ4n) is 2.12. The van der Waals surface area contributed by atoms with Crippen LogP contribution in [0, 0.1) is 0 Å². The second-order valence-electron chi connectivity index (χ2n) is 4.53. The van der Waals surface area contributed by atoms with Crippen LogP contribution in [0.1, 0.15) is 0 Å². The Morgan fingerprint density at radius 1 is 1.00 bits per heavy atom. The first-order chi connectivity index (χ1) is 10.1. The molecule has 0 fully saturated rings. The van der Waals surface area contributed by atoms with Crippen molar-refractivity contribution in [3.63, 3.8) is 0 Å². The predicted molar refractivity (Wildman–Crippen MR) is 87.7 cm³/mol. The number of hydrogen-bond acceptors (Lipinski definition) is 3. The van der Waals surface area contributed by atoms with Crippen molar-refractivity contribution < 1.29 is 0 Å². The predicted octanol–water partition coefficient (Wildman–Crippen LogP) is 3.82. The van der Waals surface area contributed by atoms with Crippen LogP contribution in [0.5, 0.6) is 0 Å². The molecule has 1 heterocycles. The molecule has 0 saturated carbocycles. The summed E-state index contributed by atoms with van der Waals surface area (Å²) in [6.45, 7) is 0. The molecule has 4 N–H and O–H groups in total. The highest BCUT2D eigenvalue weighted by molar-refractivity contribution is 6.36. The van der Waals surface area contributed by atoms with E-state index in [9.17, 15) is 0 Å². The van der Waals surface area contributed by atoms with Crippen molar-refractivity contribution in [1.29, 1.82) is 0 Å². The van der Waals surface area contributed by atoms with E-state index < -0.39 is 0 Å². The maximum Gasteiger partial charge on any atom is 0.160 e. The molecule has 3 aromatic rings. The lowest BCUT2D eigenvalue weighted by molar-refractivity contribution is 1.02. The lowest BCUT2D eigenvalue weighted by Crippen LogP contribution is -2.13. The van der Waals surface area contributed by atoms with Crippen molar-refractivity contribution >= 4 is 29.0 Å². The van der Waals surface area contributed by atoms with Gasteiger partial charge >= 0.3 is 0 Å². The van der Waals surface area contributed by atoms with Gasteiger partial charge in [0.15, 0.2) is 11.6 Å². The van der Waals surface area contributed by atoms with Gasteiger partial charge in [0.2, 0.25) is 0 Å². The molecule has 0 aliphatic carbocycles. The molecule has 1 aromatic heterocycles. The van der Waals surface area contributed by atoms with Crippen molar-refractivity contribution in [2.75, 3.05) is 11.6 Å². The molecule has 0 aliphatic heterocycles. The molecule has 0 unspecified atom stereocenters. The zero-order chi connectivity index (χ0) is 15.0. The third-order valence-corrected chi connectivity index (χ3v) is 3.71. The minimum atomic E-state index is 0.345. The van der Waals surface area contributed by atoms with Crippen LogP contribution in [-0.2, 0) is 0 Å². The number of nitrogen functional groups attached to an aromatic ring is 2. The van der Waals surface area contributed by atoms with Gasteiger partial charge in [-0.1, -0.05) is 53.5 Å². The summed E-state index contributed by atoms with van der Waals surface area (Å²) in [6.07, 6.45) is 0. The topological polar surface area (TPSA) is 69.9 Å². The molecule has 0 aliphatic rings. The summed E-state index contributed by atoms with van der Waals surface area (Å²) in [5.74, 6) is 6.94. The summed E-state index contributed by atoms with van der Waals surface area (Å²) in [6, 6.07) is 14.7. The maximum absolute atomic E-state index is 6.21. The number of rotatable bonds is 2. The highest BCUT2D eigenvalue weighted by Crippen LogP contribution is 2.34. The number of nitrogens with zero attached hydrogens (tertiary/aromatic N) is 2. The van der Waals surface area contributed by atoms with E-state index in [0.29, 0.717) is 32.9 Å². The summed E-state index contributed by atoms with van der Waals surface area (Å²) in [5, 5.41) is 1.03. The minimum Gasteiger partial charge on any atom is -0.382 e. The van der Waals surface area contributed by atoms with Gasteiger partial charge in [0.25, 0.3) is 0 Å². The van der Waals surface area contributed by atoms with E-state index in [1.165, 1.54) is 4.68 Å². The lowest BCUT2D eigenvalue weighted by atomic mass is 10.1. The van der Waals surface area contributed by atoms with E-state index in [1.807, 2.05) is 30.3 Å². The molecule has 21 heavy (non-hydrogen) atoms. The maximum atomic E-state index is 6.21. The molecule has 0 spiro atoms. The molecule has 106 valence electrons. The molecule has 3 rings (SSSR count). The highest BCUT2D eigenvalue weighted by atomic mass is 35.5. The summed E-state index contributed by atoms with van der Waals surface area (Å²) < 4.78 is 1.36. The number of halogens is 2. The van der Waals surface area contributed by atoms with Gasteiger partial charge in [0.05, 0.1) is 5.02 Å². The Hall–Kier alpha value is -2.17. The van der Waals surface area contributed by atoms with Gasteiger partial charge in [-0.3, -0.25) is 0 Å². The number of nitrogens with two attached hydrogens (primary N) is 2. The average molecular weight is 319 g/mol. The van der Waals surface area contributed by atoms with Gasteiger partial charge in [0, 0.05) is 16.1 Å². The zero-order valence-corrected chi connectivity index (χ0v) is 12.4. The smallest absolute Gasteiger partial charge is 0.160 e.